The van der Waals surface area contributed by atoms with Gasteiger partial charge in [0.1, 0.15) is 0 Å². The Kier molecular flexibility index (Phi) is 17.5. The monoisotopic (exact) mass is 1700 g/mol. The molecule has 0 saturated heterocycles. The summed E-state index contributed by atoms with van der Waals surface area (Å²) in [7, 11) is 0. The predicted molar refractivity (Wildman–Crippen MR) is 562 cm³/mol. The molecule has 2 aliphatic rings. The van der Waals surface area contributed by atoms with Crippen LogP contribution < -0.4 is 0 Å². The van der Waals surface area contributed by atoms with Crippen LogP contribution in [-0.2, 0) is 10.8 Å². The molecule has 0 bridgehead atoms. The topological polar surface area (TPSA) is 19.7 Å². The van der Waals surface area contributed by atoms with E-state index in [0.29, 0.717) is 0 Å². The minimum absolute atomic E-state index is 0.505. The fraction of sp³-hybridized carbons (Fsp3) is 0.0154. The fourth-order valence-electron chi connectivity index (χ4n) is 23.5. The molecule has 134 heavy (non-hydrogen) atoms. The molecule has 22 aromatic carbocycles. The summed E-state index contributed by atoms with van der Waals surface area (Å²) in [6.45, 7) is 0. The van der Waals surface area contributed by atoms with Crippen molar-refractivity contribution >= 4 is 109 Å². The second kappa shape index (κ2) is 30.6. The minimum atomic E-state index is -0.568. The average molecular weight is 1700 g/mol. The lowest BCUT2D eigenvalue weighted by molar-refractivity contribution is 0.769. The number of hydrogen-bond acceptors (Lipinski definition) is 0. The van der Waals surface area contributed by atoms with Gasteiger partial charge in [-0.2, -0.15) is 0 Å². The maximum atomic E-state index is 2.53. The van der Waals surface area contributed by atoms with Crippen LogP contribution in [0.5, 0.6) is 0 Å². The quantitative estimate of drug-likeness (QED) is 0.116. The van der Waals surface area contributed by atoms with Gasteiger partial charge in [0.15, 0.2) is 0 Å². The Morgan fingerprint density at radius 1 is 0.157 bits per heavy atom. The van der Waals surface area contributed by atoms with E-state index >= 15 is 0 Å². The molecule has 0 unspecified atom stereocenters. The summed E-state index contributed by atoms with van der Waals surface area (Å²) in [5.41, 5.74) is 38.3. The van der Waals surface area contributed by atoms with Crippen LogP contribution in [-0.4, -0.2) is 18.3 Å². The zero-order chi connectivity index (χ0) is 88.1. The highest BCUT2D eigenvalue weighted by molar-refractivity contribution is 6.22. The lowest BCUT2D eigenvalue weighted by atomic mass is 9.67. The number of rotatable bonds is 12. The summed E-state index contributed by atoms with van der Waals surface area (Å²) < 4.78 is 9.87. The van der Waals surface area contributed by atoms with Gasteiger partial charge in [-0.3, -0.25) is 0 Å². The van der Waals surface area contributed by atoms with Crippen molar-refractivity contribution in [2.75, 3.05) is 0 Å². The highest BCUT2D eigenvalue weighted by atomic mass is 15.0. The third-order valence-electron chi connectivity index (χ3n) is 29.2. The Balaban J connectivity index is 0.000000136. The highest BCUT2D eigenvalue weighted by Crippen LogP contribution is 2.62. The van der Waals surface area contributed by atoms with E-state index in [1.807, 2.05) is 0 Å². The number of fused-ring (bicyclic) bond motifs is 22. The molecule has 0 atom stereocenters. The molecule has 0 saturated carbocycles. The zero-order valence-electron chi connectivity index (χ0n) is 73.3. The minimum Gasteiger partial charge on any atom is -0.309 e. The lowest BCUT2D eigenvalue weighted by Gasteiger charge is -2.34. The maximum absolute atomic E-state index is 2.53. The van der Waals surface area contributed by atoms with Gasteiger partial charge in [0.2, 0.25) is 0 Å². The Labute approximate surface area is 776 Å². The zero-order valence-corrected chi connectivity index (χ0v) is 73.3. The van der Waals surface area contributed by atoms with Crippen molar-refractivity contribution in [2.24, 2.45) is 0 Å². The standard InChI is InChI=1S/2C65H42N2/c1-4-17-43(18-5-1)44-31-35-50(36-32-44)66-59-29-15-13-26-52(59)54-41-46(33-38-60(54)66)47-34-39-61-55(42-47)64-62(67(61)58-30-16-20-45-19-10-11-25-51(45)58)40-37-57-63(64)53-27-12-14-28-56(53)65(57,48-21-6-2-7-22-48)49-23-8-3-9-24-49;1-4-17-43(18-5-1)44-31-35-50(36-32-44)66-59-29-15-13-27-53(59)55-41-46(33-38-60(55)66)47-34-39-61-56(42-47)63-62(67(61)58-30-16-20-45-19-10-11-25-51(45)58)40-37-54-52-26-12-14-28-57(52)65(64(54)63,48-21-6-2-7-22-48)49-23-8-3-9-24-49/h2*1-42H. The molecule has 28 rings (SSSR count). The van der Waals surface area contributed by atoms with Crippen LogP contribution in [0, 0.1) is 0 Å². The van der Waals surface area contributed by atoms with E-state index in [9.17, 15) is 0 Å². The molecule has 0 amide bonds. The third kappa shape index (κ3) is 11.5. The van der Waals surface area contributed by atoms with E-state index in [2.05, 4.69) is 528 Å². The van der Waals surface area contributed by atoms with Gasteiger partial charge in [-0.1, -0.05) is 400 Å². The van der Waals surface area contributed by atoms with E-state index in [4.69, 9.17) is 0 Å². The van der Waals surface area contributed by atoms with Crippen molar-refractivity contribution < 1.29 is 0 Å². The van der Waals surface area contributed by atoms with Crippen LogP contribution in [0.15, 0.2) is 510 Å². The van der Waals surface area contributed by atoms with Crippen molar-refractivity contribution in [3.63, 3.8) is 0 Å². The molecule has 4 heterocycles. The molecular formula is C130H84N4. The molecule has 624 valence electrons. The van der Waals surface area contributed by atoms with Gasteiger partial charge in [0, 0.05) is 65.2 Å². The van der Waals surface area contributed by atoms with Crippen LogP contribution in [0.25, 0.3) is 198 Å². The first-order valence-corrected chi connectivity index (χ1v) is 46.5. The Bertz CT molecular complexity index is 9110. The summed E-state index contributed by atoms with van der Waals surface area (Å²) in [5.74, 6) is 0. The molecule has 2 aliphatic carbocycles. The lowest BCUT2D eigenvalue weighted by Crippen LogP contribution is -2.28. The molecule has 4 aromatic heterocycles. The molecule has 0 aliphatic heterocycles. The number of nitrogens with zero attached hydrogens (tertiary/aromatic N) is 4. The molecule has 0 N–H and O–H groups in total. The van der Waals surface area contributed by atoms with Gasteiger partial charge >= 0.3 is 0 Å². The fourth-order valence-corrected chi connectivity index (χ4v) is 23.5. The molecule has 0 spiro atoms. The summed E-state index contributed by atoms with van der Waals surface area (Å²) in [5, 5.41) is 14.9. The van der Waals surface area contributed by atoms with Crippen molar-refractivity contribution in [1.82, 2.24) is 18.3 Å². The Morgan fingerprint density at radius 3 is 0.933 bits per heavy atom. The number of aromatic nitrogens is 4. The summed E-state index contributed by atoms with van der Waals surface area (Å²) >= 11 is 0. The van der Waals surface area contributed by atoms with E-state index in [-0.39, 0.29) is 0 Å². The van der Waals surface area contributed by atoms with Crippen molar-refractivity contribution in [2.45, 2.75) is 10.8 Å². The molecule has 4 nitrogen and oxygen atoms in total. The van der Waals surface area contributed by atoms with Crippen LogP contribution in [0.1, 0.15) is 44.5 Å². The molecule has 0 radical (unpaired) electrons. The van der Waals surface area contributed by atoms with Gasteiger partial charge in [0.05, 0.1) is 66.3 Å². The first-order chi connectivity index (χ1) is 66.5. The van der Waals surface area contributed by atoms with Crippen LogP contribution in [0.2, 0.25) is 0 Å². The molecule has 4 heteroatoms. The normalized spacial score (nSPS) is 12.9. The summed E-state index contributed by atoms with van der Waals surface area (Å²) in [4.78, 5) is 0. The maximum Gasteiger partial charge on any atom is 0.0720 e. The molecule has 0 fully saturated rings. The summed E-state index contributed by atoms with van der Waals surface area (Å²) in [6.07, 6.45) is 0. The smallest absolute Gasteiger partial charge is 0.0720 e. The van der Waals surface area contributed by atoms with Crippen LogP contribution in [0.4, 0.5) is 0 Å². The van der Waals surface area contributed by atoms with E-state index in [0.717, 1.165) is 11.4 Å². The number of hydrogen-bond donors (Lipinski definition) is 0. The largest absolute Gasteiger partial charge is 0.309 e. The van der Waals surface area contributed by atoms with Gasteiger partial charge in [-0.15, -0.1) is 0 Å². The van der Waals surface area contributed by atoms with E-state index < -0.39 is 10.8 Å². The Morgan fingerprint density at radius 2 is 0.470 bits per heavy atom. The third-order valence-corrected chi connectivity index (χ3v) is 29.2. The number of para-hydroxylation sites is 2. The van der Waals surface area contributed by atoms with Gasteiger partial charge in [-0.05, 0) is 231 Å². The first kappa shape index (κ1) is 76.6. The van der Waals surface area contributed by atoms with Gasteiger partial charge < -0.3 is 18.3 Å². The SMILES string of the molecule is c1ccc(-c2ccc(-n3c4ccccc4c4cc(-c5ccc6c(c5)c5c7c(ccc5n6-c5cccc6ccccc56)-c5ccccc5C7(c5ccccc5)c5ccccc5)ccc43)cc2)cc1.c1ccc(-c2ccc(-n3c4ccccc4c4cc(-c5ccc6c(c5)c5c7c(ccc5n6-c5cccc6ccccc56)C(c5ccccc5)(c5ccccc5)c5ccccc5-7)ccc43)cc2)cc1. The van der Waals surface area contributed by atoms with Gasteiger partial charge in [0.25, 0.3) is 0 Å². The average Bonchev–Trinajstić information content (AvgIpc) is 1.51. The van der Waals surface area contributed by atoms with E-state index in [1.54, 1.807) is 0 Å². The molecular weight excluding hydrogens is 1620 g/mol. The van der Waals surface area contributed by atoms with E-state index in [1.165, 1.54) is 231 Å². The van der Waals surface area contributed by atoms with Crippen LogP contribution >= 0.6 is 0 Å². The molecule has 26 aromatic rings. The van der Waals surface area contributed by atoms with Crippen molar-refractivity contribution in [3.8, 4) is 89.5 Å². The second-order valence-electron chi connectivity index (χ2n) is 35.9. The first-order valence-electron chi connectivity index (χ1n) is 46.5. The Hall–Kier alpha value is -17.4. The van der Waals surface area contributed by atoms with Gasteiger partial charge in [-0.25, -0.2) is 0 Å². The summed E-state index contributed by atoms with van der Waals surface area (Å²) in [6, 6.07) is 189. The second-order valence-corrected chi connectivity index (χ2v) is 35.9. The predicted octanol–water partition coefficient (Wildman–Crippen LogP) is 33.5. The number of benzene rings is 22. The highest BCUT2D eigenvalue weighted by Gasteiger charge is 2.50. The van der Waals surface area contributed by atoms with Crippen molar-refractivity contribution in [1.29, 1.82) is 0 Å². The van der Waals surface area contributed by atoms with Crippen molar-refractivity contribution in [3.05, 3.63) is 554 Å². The van der Waals surface area contributed by atoms with Crippen LogP contribution in [0.3, 0.4) is 0 Å².